The average molecular weight is 360 g/mol. The van der Waals surface area contributed by atoms with Gasteiger partial charge in [-0.3, -0.25) is 0 Å². The second-order valence-electron chi connectivity index (χ2n) is 6.20. The minimum absolute atomic E-state index is 0.257. The molecule has 100 valence electrons. The van der Waals surface area contributed by atoms with Gasteiger partial charge in [0.25, 0.3) is 0 Å². The van der Waals surface area contributed by atoms with E-state index in [0.29, 0.717) is 0 Å². The molecule has 0 bridgehead atoms. The Balaban J connectivity index is 2.18. The largest absolute Gasteiger partial charge is 0.493 e. The maximum Gasteiger partial charge on any atom is 0.128 e. The Bertz CT molecular complexity index is 435. The van der Waals surface area contributed by atoms with Gasteiger partial charge in [-0.25, -0.2) is 0 Å². The Morgan fingerprint density at radius 1 is 1.39 bits per heavy atom. The van der Waals surface area contributed by atoms with Crippen LogP contribution in [0.5, 0.6) is 5.75 Å². The number of benzene rings is 1. The molecule has 0 aromatic heterocycles. The molecule has 2 nitrogen and oxygen atoms in total. The van der Waals surface area contributed by atoms with Crippen LogP contribution in [-0.4, -0.2) is 11.7 Å². The third kappa shape index (κ3) is 3.38. The Morgan fingerprint density at radius 2 is 2.11 bits per heavy atom. The monoisotopic (exact) mass is 360 g/mol. The van der Waals surface area contributed by atoms with E-state index in [-0.39, 0.29) is 5.41 Å². The second kappa shape index (κ2) is 5.37. The lowest BCUT2D eigenvalue weighted by atomic mass is 9.87. The molecule has 0 amide bonds. The summed E-state index contributed by atoms with van der Waals surface area (Å²) in [5.74, 6) is 0.928. The lowest BCUT2D eigenvalue weighted by Crippen LogP contribution is -2.09. The first-order chi connectivity index (χ1) is 8.37. The Hall–Kier alpha value is -0.290. The highest BCUT2D eigenvalue weighted by Gasteiger charge is 2.23. The summed E-state index contributed by atoms with van der Waals surface area (Å²) in [7, 11) is 0. The van der Waals surface area contributed by atoms with Crippen molar-refractivity contribution in [3.8, 4) is 5.75 Å². The van der Waals surface area contributed by atoms with E-state index in [1.165, 1.54) is 9.13 Å². The molecule has 1 aromatic rings. The quantitative estimate of drug-likeness (QED) is 0.823. The van der Waals surface area contributed by atoms with Crippen LogP contribution in [-0.2, 0) is 6.42 Å². The Labute approximate surface area is 123 Å². The second-order valence-corrected chi connectivity index (χ2v) is 7.44. The van der Waals surface area contributed by atoms with Crippen LogP contribution >= 0.6 is 22.6 Å². The number of rotatable bonds is 3. The number of halogens is 1. The molecule has 0 radical (unpaired) electrons. The van der Waals surface area contributed by atoms with E-state index in [9.17, 15) is 5.11 Å². The van der Waals surface area contributed by atoms with Crippen molar-refractivity contribution >= 4 is 22.6 Å². The summed E-state index contributed by atoms with van der Waals surface area (Å²) in [5.41, 5.74) is 2.47. The van der Waals surface area contributed by atoms with Gasteiger partial charge >= 0.3 is 0 Å². The van der Waals surface area contributed by atoms with Gasteiger partial charge in [-0.15, -0.1) is 0 Å². The maximum absolute atomic E-state index is 10.4. The van der Waals surface area contributed by atoms with E-state index in [0.717, 1.165) is 37.2 Å². The lowest BCUT2D eigenvalue weighted by molar-refractivity contribution is 0.144. The van der Waals surface area contributed by atoms with Gasteiger partial charge in [0.2, 0.25) is 0 Å². The molecule has 0 fully saturated rings. The normalized spacial score (nSPS) is 16.3. The van der Waals surface area contributed by atoms with Crippen molar-refractivity contribution in [2.24, 2.45) is 5.41 Å². The maximum atomic E-state index is 10.4. The number of aliphatic hydroxyl groups excluding tert-OH is 1. The summed E-state index contributed by atoms with van der Waals surface area (Å²) in [6.07, 6.45) is 2.35. The molecule has 0 saturated carbocycles. The molecule has 0 aliphatic carbocycles. The summed E-state index contributed by atoms with van der Waals surface area (Å²) in [4.78, 5) is 0. The summed E-state index contributed by atoms with van der Waals surface area (Å²) in [6, 6.07) is 4.21. The number of aliphatic hydroxyl groups is 1. The van der Waals surface area contributed by atoms with Crippen LogP contribution in [0.1, 0.15) is 50.8 Å². The molecule has 0 saturated heterocycles. The average Bonchev–Trinajstić information content (AvgIpc) is 2.71. The van der Waals surface area contributed by atoms with Crippen molar-refractivity contribution in [1.82, 2.24) is 0 Å². The fraction of sp³-hybridized carbons (Fsp3) is 0.600. The molecule has 2 rings (SSSR count). The first kappa shape index (κ1) is 14.1. The zero-order valence-corrected chi connectivity index (χ0v) is 13.5. The number of hydrogen-bond acceptors (Lipinski definition) is 2. The van der Waals surface area contributed by atoms with Crippen molar-refractivity contribution < 1.29 is 9.84 Å². The van der Waals surface area contributed by atoms with Gasteiger partial charge in [-0.1, -0.05) is 20.8 Å². The van der Waals surface area contributed by atoms with Crippen LogP contribution in [0, 0.1) is 8.99 Å². The predicted molar refractivity (Wildman–Crippen MR) is 82.0 cm³/mol. The van der Waals surface area contributed by atoms with E-state index in [1.807, 2.05) is 0 Å². The molecule has 1 aliphatic heterocycles. The van der Waals surface area contributed by atoms with E-state index in [4.69, 9.17) is 4.74 Å². The first-order valence-electron chi connectivity index (χ1n) is 6.50. The molecule has 1 N–H and O–H groups in total. The molecule has 0 spiro atoms. The SMILES string of the molecule is CC(C)(C)CCC(O)c1cc(I)cc2c1OCC2. The molecule has 1 aromatic carbocycles. The van der Waals surface area contributed by atoms with Crippen LogP contribution in [0.3, 0.4) is 0 Å². The number of ether oxygens (including phenoxy) is 1. The Kier molecular flexibility index (Phi) is 4.22. The van der Waals surface area contributed by atoms with E-state index < -0.39 is 6.10 Å². The number of hydrogen-bond donors (Lipinski definition) is 1. The Morgan fingerprint density at radius 3 is 2.78 bits per heavy atom. The van der Waals surface area contributed by atoms with Gasteiger partial charge in [0, 0.05) is 15.6 Å². The van der Waals surface area contributed by atoms with Gasteiger partial charge in [-0.05, 0) is 58.5 Å². The van der Waals surface area contributed by atoms with Crippen LogP contribution < -0.4 is 4.74 Å². The lowest BCUT2D eigenvalue weighted by Gasteiger charge is -2.21. The summed E-state index contributed by atoms with van der Waals surface area (Å²) in [6.45, 7) is 7.36. The van der Waals surface area contributed by atoms with Gasteiger partial charge in [0.05, 0.1) is 12.7 Å². The summed E-state index contributed by atoms with van der Waals surface area (Å²) < 4.78 is 6.86. The standard InChI is InChI=1S/C15H21IO2/c1-15(2,3)6-4-13(17)12-9-11(16)8-10-5-7-18-14(10)12/h8-9,13,17H,4-7H2,1-3H3. The molecule has 18 heavy (non-hydrogen) atoms. The predicted octanol–water partition coefficient (Wildman–Crippen LogP) is 4.09. The topological polar surface area (TPSA) is 29.5 Å². The fourth-order valence-electron chi connectivity index (χ4n) is 2.27. The summed E-state index contributed by atoms with van der Waals surface area (Å²) in [5, 5.41) is 10.4. The smallest absolute Gasteiger partial charge is 0.128 e. The van der Waals surface area contributed by atoms with Crippen LogP contribution in [0.25, 0.3) is 0 Å². The van der Waals surface area contributed by atoms with Crippen LogP contribution in [0.4, 0.5) is 0 Å². The highest BCUT2D eigenvalue weighted by molar-refractivity contribution is 14.1. The zero-order valence-electron chi connectivity index (χ0n) is 11.3. The van der Waals surface area contributed by atoms with Gasteiger partial charge in [-0.2, -0.15) is 0 Å². The third-order valence-electron chi connectivity index (χ3n) is 3.30. The van der Waals surface area contributed by atoms with Crippen LogP contribution in [0.2, 0.25) is 0 Å². The first-order valence-corrected chi connectivity index (χ1v) is 7.58. The highest BCUT2D eigenvalue weighted by atomic mass is 127. The van der Waals surface area contributed by atoms with Crippen molar-refractivity contribution in [2.45, 2.75) is 46.1 Å². The molecule has 1 heterocycles. The zero-order chi connectivity index (χ0) is 13.3. The number of fused-ring (bicyclic) bond motifs is 1. The van der Waals surface area contributed by atoms with Crippen molar-refractivity contribution in [3.05, 3.63) is 26.8 Å². The van der Waals surface area contributed by atoms with E-state index in [1.54, 1.807) is 0 Å². The molecule has 1 atom stereocenters. The fourth-order valence-corrected chi connectivity index (χ4v) is 2.98. The van der Waals surface area contributed by atoms with Gasteiger partial charge in [0.15, 0.2) is 0 Å². The van der Waals surface area contributed by atoms with Gasteiger partial charge < -0.3 is 9.84 Å². The highest BCUT2D eigenvalue weighted by Crippen LogP contribution is 2.38. The van der Waals surface area contributed by atoms with Crippen molar-refractivity contribution in [2.75, 3.05) is 6.61 Å². The van der Waals surface area contributed by atoms with Crippen LogP contribution in [0.15, 0.2) is 12.1 Å². The van der Waals surface area contributed by atoms with E-state index in [2.05, 4.69) is 55.5 Å². The third-order valence-corrected chi connectivity index (χ3v) is 3.93. The molecule has 1 aliphatic rings. The van der Waals surface area contributed by atoms with E-state index >= 15 is 0 Å². The molecular formula is C15H21IO2. The molecular weight excluding hydrogens is 339 g/mol. The molecule has 1 unspecified atom stereocenters. The van der Waals surface area contributed by atoms with Crippen molar-refractivity contribution in [3.63, 3.8) is 0 Å². The summed E-state index contributed by atoms with van der Waals surface area (Å²) >= 11 is 2.31. The van der Waals surface area contributed by atoms with Crippen molar-refractivity contribution in [1.29, 1.82) is 0 Å². The van der Waals surface area contributed by atoms with Gasteiger partial charge in [0.1, 0.15) is 5.75 Å². The minimum Gasteiger partial charge on any atom is -0.493 e. The minimum atomic E-state index is -0.411. The molecule has 3 heteroatoms.